The summed E-state index contributed by atoms with van der Waals surface area (Å²) in [6.45, 7) is 2.19. The second-order valence-electron chi connectivity index (χ2n) is 4.73. The molecule has 0 aliphatic carbocycles. The number of nitrogens with one attached hydrogen (secondary N) is 1. The van der Waals surface area contributed by atoms with Crippen molar-refractivity contribution in [2.45, 2.75) is 12.8 Å². The molecule has 4 nitrogen and oxygen atoms in total. The largest absolute Gasteiger partial charge is 0.330 e. The Morgan fingerprint density at radius 1 is 1.32 bits per heavy atom. The molecule has 0 unspecified atom stereocenters. The normalized spacial score (nSPS) is 16.5. The van der Waals surface area contributed by atoms with Crippen molar-refractivity contribution in [3.63, 3.8) is 0 Å². The number of nitrogens with two attached hydrogens (primary N) is 1. The molecule has 1 heterocycles. The van der Waals surface area contributed by atoms with Gasteiger partial charge in [0.05, 0.1) is 10.0 Å². The first-order valence-electron chi connectivity index (χ1n) is 6.31. The Morgan fingerprint density at radius 3 is 2.58 bits per heavy atom. The van der Waals surface area contributed by atoms with Gasteiger partial charge in [0.1, 0.15) is 0 Å². The van der Waals surface area contributed by atoms with Gasteiger partial charge in [-0.1, -0.05) is 23.2 Å². The van der Waals surface area contributed by atoms with E-state index in [1.807, 2.05) is 0 Å². The van der Waals surface area contributed by atoms with Crippen LogP contribution in [0.5, 0.6) is 0 Å². The average molecular weight is 302 g/mol. The summed E-state index contributed by atoms with van der Waals surface area (Å²) < 4.78 is 0. The molecule has 0 bridgehead atoms. The third kappa shape index (κ3) is 3.75. The van der Waals surface area contributed by atoms with Crippen LogP contribution in [0.15, 0.2) is 18.2 Å². The van der Waals surface area contributed by atoms with Crippen molar-refractivity contribution in [2.75, 3.05) is 25.0 Å². The van der Waals surface area contributed by atoms with Crippen LogP contribution >= 0.6 is 23.2 Å². The fourth-order valence-electron chi connectivity index (χ4n) is 2.15. The first-order valence-corrected chi connectivity index (χ1v) is 7.07. The highest BCUT2D eigenvalue weighted by molar-refractivity contribution is 6.42. The van der Waals surface area contributed by atoms with E-state index in [2.05, 4.69) is 5.32 Å². The van der Waals surface area contributed by atoms with Gasteiger partial charge in [-0.2, -0.15) is 0 Å². The van der Waals surface area contributed by atoms with E-state index in [-0.39, 0.29) is 6.03 Å². The van der Waals surface area contributed by atoms with Gasteiger partial charge in [-0.05, 0) is 43.5 Å². The maximum absolute atomic E-state index is 12.1. The highest BCUT2D eigenvalue weighted by Crippen LogP contribution is 2.25. The number of benzene rings is 1. The Kier molecular flexibility index (Phi) is 4.91. The fourth-order valence-corrected chi connectivity index (χ4v) is 2.45. The van der Waals surface area contributed by atoms with Crippen molar-refractivity contribution in [1.29, 1.82) is 0 Å². The number of halogens is 2. The molecule has 0 atom stereocenters. The maximum Gasteiger partial charge on any atom is 0.321 e. The number of rotatable bonds is 2. The predicted octanol–water partition coefficient (Wildman–Crippen LogP) is 3.20. The Balaban J connectivity index is 1.92. The molecule has 3 N–H and O–H groups in total. The summed E-state index contributed by atoms with van der Waals surface area (Å²) in [5, 5.41) is 3.73. The zero-order valence-corrected chi connectivity index (χ0v) is 12.0. The second kappa shape index (κ2) is 6.46. The van der Waals surface area contributed by atoms with Crippen molar-refractivity contribution in [1.82, 2.24) is 4.90 Å². The molecule has 0 saturated carbocycles. The number of likely N-dealkylation sites (tertiary alicyclic amines) is 1. The van der Waals surface area contributed by atoms with Gasteiger partial charge in [0, 0.05) is 18.8 Å². The number of urea groups is 1. The van der Waals surface area contributed by atoms with Gasteiger partial charge in [0.25, 0.3) is 0 Å². The van der Waals surface area contributed by atoms with Crippen molar-refractivity contribution < 1.29 is 4.79 Å². The molecular formula is C13H17Cl2N3O. The summed E-state index contributed by atoms with van der Waals surface area (Å²) in [5.41, 5.74) is 6.29. The Hall–Kier alpha value is -0.970. The summed E-state index contributed by atoms with van der Waals surface area (Å²) in [4.78, 5) is 13.9. The highest BCUT2D eigenvalue weighted by atomic mass is 35.5. The van der Waals surface area contributed by atoms with Gasteiger partial charge >= 0.3 is 6.03 Å². The van der Waals surface area contributed by atoms with Crippen LogP contribution < -0.4 is 11.1 Å². The smallest absolute Gasteiger partial charge is 0.321 e. The van der Waals surface area contributed by atoms with E-state index in [0.717, 1.165) is 25.9 Å². The van der Waals surface area contributed by atoms with E-state index in [1.165, 1.54) is 0 Å². The molecule has 19 heavy (non-hydrogen) atoms. The van der Waals surface area contributed by atoms with Crippen molar-refractivity contribution in [3.8, 4) is 0 Å². The van der Waals surface area contributed by atoms with E-state index in [1.54, 1.807) is 23.1 Å². The SMILES string of the molecule is NCC1CCN(C(=O)Nc2ccc(Cl)c(Cl)c2)CC1. The van der Waals surface area contributed by atoms with Gasteiger partial charge in [0.2, 0.25) is 0 Å². The molecule has 1 saturated heterocycles. The Bertz CT molecular complexity index is 459. The molecule has 0 radical (unpaired) electrons. The summed E-state index contributed by atoms with van der Waals surface area (Å²) in [6.07, 6.45) is 1.93. The van der Waals surface area contributed by atoms with E-state index < -0.39 is 0 Å². The lowest BCUT2D eigenvalue weighted by Gasteiger charge is -2.31. The number of anilines is 1. The summed E-state index contributed by atoms with van der Waals surface area (Å²) >= 11 is 11.7. The standard InChI is InChI=1S/C13H17Cl2N3O/c14-11-2-1-10(7-12(11)15)17-13(19)18-5-3-9(8-16)4-6-18/h1-2,7,9H,3-6,8,16H2,(H,17,19). The monoisotopic (exact) mass is 301 g/mol. The van der Waals surface area contributed by atoms with Crippen LogP contribution in [0.3, 0.4) is 0 Å². The van der Waals surface area contributed by atoms with Gasteiger partial charge in [0.15, 0.2) is 0 Å². The zero-order valence-electron chi connectivity index (χ0n) is 10.5. The van der Waals surface area contributed by atoms with Gasteiger partial charge in [-0.15, -0.1) is 0 Å². The maximum atomic E-state index is 12.1. The highest BCUT2D eigenvalue weighted by Gasteiger charge is 2.21. The molecule has 1 fully saturated rings. The van der Waals surface area contributed by atoms with Crippen LogP contribution in [-0.4, -0.2) is 30.6 Å². The lowest BCUT2D eigenvalue weighted by Crippen LogP contribution is -2.42. The summed E-state index contributed by atoms with van der Waals surface area (Å²) in [5.74, 6) is 0.536. The van der Waals surface area contributed by atoms with Crippen LogP contribution in [0.2, 0.25) is 10.0 Å². The molecule has 1 aromatic carbocycles. The Morgan fingerprint density at radius 2 is 2.00 bits per heavy atom. The van der Waals surface area contributed by atoms with E-state index >= 15 is 0 Å². The quantitative estimate of drug-likeness (QED) is 0.881. The van der Waals surface area contributed by atoms with E-state index in [4.69, 9.17) is 28.9 Å². The molecule has 1 aromatic rings. The van der Waals surface area contributed by atoms with Crippen molar-refractivity contribution >= 4 is 34.9 Å². The number of nitrogens with zero attached hydrogens (tertiary/aromatic N) is 1. The van der Waals surface area contributed by atoms with E-state index in [9.17, 15) is 4.79 Å². The van der Waals surface area contributed by atoms with Crippen molar-refractivity contribution in [3.05, 3.63) is 28.2 Å². The van der Waals surface area contributed by atoms with Crippen LogP contribution in [0.1, 0.15) is 12.8 Å². The molecule has 104 valence electrons. The predicted molar refractivity (Wildman–Crippen MR) is 78.8 cm³/mol. The van der Waals surface area contributed by atoms with E-state index in [0.29, 0.717) is 28.2 Å². The lowest BCUT2D eigenvalue weighted by atomic mass is 9.97. The number of hydrogen-bond acceptors (Lipinski definition) is 2. The van der Waals surface area contributed by atoms with Crippen LogP contribution in [0.25, 0.3) is 0 Å². The first-order chi connectivity index (χ1) is 9.10. The lowest BCUT2D eigenvalue weighted by molar-refractivity contribution is 0.184. The summed E-state index contributed by atoms with van der Waals surface area (Å²) in [7, 11) is 0. The van der Waals surface area contributed by atoms with Gasteiger partial charge in [-0.25, -0.2) is 4.79 Å². The third-order valence-corrected chi connectivity index (χ3v) is 4.14. The van der Waals surface area contributed by atoms with Gasteiger partial charge < -0.3 is 16.0 Å². The molecular weight excluding hydrogens is 285 g/mol. The first kappa shape index (κ1) is 14.4. The molecule has 0 spiro atoms. The molecule has 1 aliphatic heterocycles. The minimum atomic E-state index is -0.103. The molecule has 2 rings (SSSR count). The molecule has 2 amide bonds. The second-order valence-corrected chi connectivity index (χ2v) is 5.54. The topological polar surface area (TPSA) is 58.4 Å². The summed E-state index contributed by atoms with van der Waals surface area (Å²) in [6, 6.07) is 4.95. The van der Waals surface area contributed by atoms with Crippen LogP contribution in [-0.2, 0) is 0 Å². The van der Waals surface area contributed by atoms with Crippen LogP contribution in [0, 0.1) is 5.92 Å². The number of carbonyl (C=O) groups excluding carboxylic acids is 1. The van der Waals surface area contributed by atoms with Crippen LogP contribution in [0.4, 0.5) is 10.5 Å². The number of carbonyl (C=O) groups is 1. The zero-order chi connectivity index (χ0) is 13.8. The minimum Gasteiger partial charge on any atom is -0.330 e. The van der Waals surface area contributed by atoms with Gasteiger partial charge in [-0.3, -0.25) is 0 Å². The molecule has 0 aromatic heterocycles. The number of amides is 2. The Labute approximate surface area is 122 Å². The molecule has 1 aliphatic rings. The third-order valence-electron chi connectivity index (χ3n) is 3.41. The number of piperidine rings is 1. The minimum absolute atomic E-state index is 0.103. The average Bonchev–Trinajstić information content (AvgIpc) is 2.43. The van der Waals surface area contributed by atoms with Crippen molar-refractivity contribution in [2.24, 2.45) is 11.7 Å². The fraction of sp³-hybridized carbons (Fsp3) is 0.462. The molecule has 6 heteroatoms. The number of hydrogen-bond donors (Lipinski definition) is 2.